The fourth-order valence-electron chi connectivity index (χ4n) is 3.60. The molecule has 3 rings (SSSR count). The maximum absolute atomic E-state index is 11.0. The molecule has 126 valence electrons. The van der Waals surface area contributed by atoms with Gasteiger partial charge in [-0.15, -0.1) is 0 Å². The van der Waals surface area contributed by atoms with Crippen molar-refractivity contribution in [3.8, 4) is 5.75 Å². The third-order valence-corrected chi connectivity index (χ3v) is 4.90. The van der Waals surface area contributed by atoms with Crippen LogP contribution in [0, 0.1) is 10.1 Å². The third kappa shape index (κ3) is 3.40. The van der Waals surface area contributed by atoms with Crippen molar-refractivity contribution in [3.05, 3.63) is 28.3 Å². The van der Waals surface area contributed by atoms with E-state index in [1.165, 1.54) is 13.2 Å². The topological polar surface area (TPSA) is 79.1 Å². The van der Waals surface area contributed by atoms with Crippen LogP contribution in [0.25, 0.3) is 0 Å². The third-order valence-electron chi connectivity index (χ3n) is 4.90. The van der Waals surface area contributed by atoms with Gasteiger partial charge in [0.05, 0.1) is 18.1 Å². The SMILES string of the molecule is COc1cc(N2CCC(N3CCC(O)C3)CC2)ccc1[N+](=O)[O-]. The average Bonchev–Trinajstić information content (AvgIpc) is 3.00. The van der Waals surface area contributed by atoms with Gasteiger partial charge in [0.25, 0.3) is 0 Å². The Morgan fingerprint density at radius 1 is 1.26 bits per heavy atom. The van der Waals surface area contributed by atoms with Gasteiger partial charge >= 0.3 is 5.69 Å². The molecule has 0 aromatic heterocycles. The van der Waals surface area contributed by atoms with Gasteiger partial charge in [-0.05, 0) is 25.3 Å². The van der Waals surface area contributed by atoms with Gasteiger partial charge in [-0.3, -0.25) is 15.0 Å². The average molecular weight is 321 g/mol. The van der Waals surface area contributed by atoms with E-state index in [2.05, 4.69) is 9.80 Å². The van der Waals surface area contributed by atoms with E-state index in [1.54, 1.807) is 12.1 Å². The number of hydrogen-bond donors (Lipinski definition) is 1. The molecule has 0 aliphatic carbocycles. The van der Waals surface area contributed by atoms with Gasteiger partial charge in [-0.25, -0.2) is 0 Å². The van der Waals surface area contributed by atoms with Crippen LogP contribution in [0.1, 0.15) is 19.3 Å². The Hall–Kier alpha value is -1.86. The highest BCUT2D eigenvalue weighted by Gasteiger charge is 2.30. The molecule has 0 bridgehead atoms. The van der Waals surface area contributed by atoms with Crippen LogP contribution >= 0.6 is 0 Å². The highest BCUT2D eigenvalue weighted by molar-refractivity contribution is 5.59. The number of nitro groups is 1. The smallest absolute Gasteiger partial charge is 0.311 e. The highest BCUT2D eigenvalue weighted by atomic mass is 16.6. The van der Waals surface area contributed by atoms with Crippen molar-refractivity contribution in [3.63, 3.8) is 0 Å². The molecule has 0 radical (unpaired) electrons. The standard InChI is InChI=1S/C16H23N3O4/c1-23-16-10-13(2-3-15(16)19(21)22)17-7-4-12(5-8-17)18-9-6-14(20)11-18/h2-3,10,12,14,20H,4-9,11H2,1H3. The molecule has 2 aliphatic rings. The number of nitro benzene ring substituents is 1. The van der Waals surface area contributed by atoms with E-state index in [1.807, 2.05) is 0 Å². The van der Waals surface area contributed by atoms with Crippen molar-refractivity contribution in [1.29, 1.82) is 0 Å². The first-order chi connectivity index (χ1) is 11.1. The zero-order valence-corrected chi connectivity index (χ0v) is 13.4. The molecule has 2 saturated heterocycles. The maximum Gasteiger partial charge on any atom is 0.311 e. The van der Waals surface area contributed by atoms with E-state index < -0.39 is 4.92 Å². The Balaban J connectivity index is 1.64. The highest BCUT2D eigenvalue weighted by Crippen LogP contribution is 2.33. The summed E-state index contributed by atoms with van der Waals surface area (Å²) in [5.41, 5.74) is 0.963. The predicted molar refractivity (Wildman–Crippen MR) is 87.1 cm³/mol. The summed E-state index contributed by atoms with van der Waals surface area (Å²) in [6.07, 6.45) is 2.80. The van der Waals surface area contributed by atoms with E-state index in [0.29, 0.717) is 11.8 Å². The van der Waals surface area contributed by atoms with Crippen LogP contribution in [0.5, 0.6) is 5.75 Å². The van der Waals surface area contributed by atoms with E-state index in [4.69, 9.17) is 4.74 Å². The zero-order chi connectivity index (χ0) is 16.4. The number of benzene rings is 1. The van der Waals surface area contributed by atoms with Crippen LogP contribution < -0.4 is 9.64 Å². The minimum absolute atomic E-state index is 0.00260. The molecule has 1 unspecified atom stereocenters. The monoisotopic (exact) mass is 321 g/mol. The van der Waals surface area contributed by atoms with Gasteiger partial charge in [0.2, 0.25) is 0 Å². The lowest BCUT2D eigenvalue weighted by Crippen LogP contribution is -2.44. The molecule has 0 saturated carbocycles. The minimum Gasteiger partial charge on any atom is -0.490 e. The van der Waals surface area contributed by atoms with Crippen LogP contribution in [0.4, 0.5) is 11.4 Å². The van der Waals surface area contributed by atoms with Crippen LogP contribution in [0.15, 0.2) is 18.2 Å². The number of aliphatic hydroxyl groups is 1. The van der Waals surface area contributed by atoms with Crippen molar-refractivity contribution >= 4 is 11.4 Å². The summed E-state index contributed by atoms with van der Waals surface area (Å²) >= 11 is 0. The zero-order valence-electron chi connectivity index (χ0n) is 13.4. The molecule has 2 fully saturated rings. The van der Waals surface area contributed by atoms with Gasteiger partial charge < -0.3 is 14.7 Å². The summed E-state index contributed by atoms with van der Waals surface area (Å²) in [5, 5.41) is 20.6. The van der Waals surface area contributed by atoms with Crippen molar-refractivity contribution in [2.75, 3.05) is 38.2 Å². The second-order valence-corrected chi connectivity index (χ2v) is 6.27. The molecular formula is C16H23N3O4. The molecule has 0 spiro atoms. The number of nitrogens with zero attached hydrogens (tertiary/aromatic N) is 3. The molecule has 2 heterocycles. The van der Waals surface area contributed by atoms with Gasteiger partial charge in [0.1, 0.15) is 0 Å². The van der Waals surface area contributed by atoms with Gasteiger partial charge in [-0.1, -0.05) is 0 Å². The van der Waals surface area contributed by atoms with Crippen LogP contribution in [-0.4, -0.2) is 60.4 Å². The predicted octanol–water partition coefficient (Wildman–Crippen LogP) is 1.64. The first kappa shape index (κ1) is 16.0. The second-order valence-electron chi connectivity index (χ2n) is 6.27. The number of β-amino-alcohol motifs (C(OH)–C–C–N with tert-alkyl or cyclic N) is 1. The molecule has 7 nitrogen and oxygen atoms in total. The fraction of sp³-hybridized carbons (Fsp3) is 0.625. The summed E-state index contributed by atoms with van der Waals surface area (Å²) < 4.78 is 5.15. The van der Waals surface area contributed by atoms with E-state index in [0.717, 1.165) is 51.1 Å². The molecule has 0 amide bonds. The lowest BCUT2D eigenvalue weighted by Gasteiger charge is -2.37. The Kier molecular flexibility index (Phi) is 4.68. The van der Waals surface area contributed by atoms with E-state index in [-0.39, 0.29) is 11.8 Å². The molecule has 1 aromatic carbocycles. The van der Waals surface area contributed by atoms with E-state index >= 15 is 0 Å². The fourth-order valence-corrected chi connectivity index (χ4v) is 3.60. The molecule has 23 heavy (non-hydrogen) atoms. The van der Waals surface area contributed by atoms with Crippen LogP contribution in [0.2, 0.25) is 0 Å². The van der Waals surface area contributed by atoms with Crippen molar-refractivity contribution in [1.82, 2.24) is 4.90 Å². The quantitative estimate of drug-likeness (QED) is 0.671. The Morgan fingerprint density at radius 3 is 2.57 bits per heavy atom. The maximum atomic E-state index is 11.0. The molecule has 7 heteroatoms. The summed E-state index contributed by atoms with van der Waals surface area (Å²) in [6, 6.07) is 5.58. The van der Waals surface area contributed by atoms with Gasteiger partial charge in [-0.2, -0.15) is 0 Å². The molecule has 1 aromatic rings. The van der Waals surface area contributed by atoms with Crippen molar-refractivity contribution in [2.24, 2.45) is 0 Å². The molecule has 1 N–H and O–H groups in total. The molecular weight excluding hydrogens is 298 g/mol. The largest absolute Gasteiger partial charge is 0.490 e. The number of piperidine rings is 1. The van der Waals surface area contributed by atoms with Crippen molar-refractivity contribution in [2.45, 2.75) is 31.4 Å². The first-order valence-electron chi connectivity index (χ1n) is 8.08. The summed E-state index contributed by atoms with van der Waals surface area (Å²) in [4.78, 5) is 15.2. The van der Waals surface area contributed by atoms with Gasteiger partial charge in [0, 0.05) is 50.0 Å². The second kappa shape index (κ2) is 6.72. The number of ether oxygens (including phenoxy) is 1. The molecule has 1 atom stereocenters. The van der Waals surface area contributed by atoms with Gasteiger partial charge in [0.15, 0.2) is 5.75 Å². The normalized spacial score (nSPS) is 23.2. The minimum atomic E-state index is -0.423. The Labute approximate surface area is 135 Å². The number of hydrogen-bond acceptors (Lipinski definition) is 6. The summed E-state index contributed by atoms with van der Waals surface area (Å²) in [5.74, 6) is 0.303. The number of anilines is 1. The number of rotatable bonds is 4. The lowest BCUT2D eigenvalue weighted by molar-refractivity contribution is -0.385. The number of likely N-dealkylation sites (tertiary alicyclic amines) is 1. The summed E-state index contributed by atoms with van der Waals surface area (Å²) in [7, 11) is 1.46. The van der Waals surface area contributed by atoms with Crippen LogP contribution in [0.3, 0.4) is 0 Å². The lowest BCUT2D eigenvalue weighted by atomic mass is 10.0. The van der Waals surface area contributed by atoms with Crippen molar-refractivity contribution < 1.29 is 14.8 Å². The summed E-state index contributed by atoms with van der Waals surface area (Å²) in [6.45, 7) is 3.60. The Morgan fingerprint density at radius 2 is 2.00 bits per heavy atom. The Bertz CT molecular complexity index is 572. The number of methoxy groups -OCH3 is 1. The molecule has 2 aliphatic heterocycles. The van der Waals surface area contributed by atoms with Crippen LogP contribution in [-0.2, 0) is 0 Å². The first-order valence-corrected chi connectivity index (χ1v) is 8.08. The number of aliphatic hydroxyl groups excluding tert-OH is 1. The van der Waals surface area contributed by atoms with E-state index in [9.17, 15) is 15.2 Å².